The molecule has 0 saturated carbocycles. The van der Waals surface area contributed by atoms with Crippen LogP contribution >= 0.6 is 23.2 Å². The molecule has 0 amide bonds. The van der Waals surface area contributed by atoms with Gasteiger partial charge in [0.1, 0.15) is 5.75 Å². The van der Waals surface area contributed by atoms with E-state index in [2.05, 4.69) is 0 Å². The van der Waals surface area contributed by atoms with E-state index in [9.17, 15) is 9.59 Å². The van der Waals surface area contributed by atoms with Gasteiger partial charge in [-0.05, 0) is 72.3 Å². The number of rotatable bonds is 5. The van der Waals surface area contributed by atoms with Crippen molar-refractivity contribution in [1.82, 2.24) is 0 Å². The maximum Gasteiger partial charge on any atom is 0.343 e. The van der Waals surface area contributed by atoms with Crippen molar-refractivity contribution in [2.45, 2.75) is 0 Å². The molecule has 0 bridgehead atoms. The number of allylic oxidation sites excluding steroid dienone is 1. The third kappa shape index (κ3) is 5.30. The molecule has 0 aliphatic carbocycles. The zero-order valence-corrected chi connectivity index (χ0v) is 15.6. The van der Waals surface area contributed by atoms with Crippen molar-refractivity contribution in [2.75, 3.05) is 0 Å². The Morgan fingerprint density at radius 1 is 0.778 bits per heavy atom. The molecule has 0 N–H and O–H groups in total. The van der Waals surface area contributed by atoms with Crippen LogP contribution in [0.25, 0.3) is 6.08 Å². The second-order valence-corrected chi connectivity index (χ2v) is 6.55. The number of carbonyl (C=O) groups is 2. The first-order valence-electron chi connectivity index (χ1n) is 8.07. The van der Waals surface area contributed by atoms with Crippen molar-refractivity contribution < 1.29 is 14.3 Å². The van der Waals surface area contributed by atoms with Gasteiger partial charge in [0.05, 0.1) is 5.56 Å². The monoisotopic (exact) mass is 396 g/mol. The van der Waals surface area contributed by atoms with Crippen molar-refractivity contribution in [3.8, 4) is 5.75 Å². The molecule has 3 nitrogen and oxygen atoms in total. The number of halogens is 2. The number of hydrogen-bond acceptors (Lipinski definition) is 3. The van der Waals surface area contributed by atoms with Gasteiger partial charge in [-0.2, -0.15) is 0 Å². The van der Waals surface area contributed by atoms with Gasteiger partial charge in [-0.25, -0.2) is 4.79 Å². The Morgan fingerprint density at radius 3 is 2.00 bits per heavy atom. The summed E-state index contributed by atoms with van der Waals surface area (Å²) in [6.45, 7) is 0. The normalized spacial score (nSPS) is 10.7. The minimum Gasteiger partial charge on any atom is -0.423 e. The molecular formula is C22H14Cl2O3. The molecule has 0 saturated heterocycles. The Labute approximate surface area is 166 Å². The first-order chi connectivity index (χ1) is 13.0. The van der Waals surface area contributed by atoms with Gasteiger partial charge in [0.25, 0.3) is 0 Å². The SMILES string of the molecule is O=C(/C=C/c1cccc(OC(=O)c2ccc(Cl)cc2)c1)c1ccc(Cl)cc1. The van der Waals surface area contributed by atoms with Crippen LogP contribution in [0, 0.1) is 0 Å². The molecule has 27 heavy (non-hydrogen) atoms. The molecule has 0 aliphatic rings. The maximum atomic E-state index is 12.2. The number of ketones is 1. The van der Waals surface area contributed by atoms with Gasteiger partial charge in [-0.1, -0.05) is 41.4 Å². The number of benzene rings is 3. The van der Waals surface area contributed by atoms with E-state index in [1.165, 1.54) is 6.08 Å². The zero-order valence-electron chi connectivity index (χ0n) is 14.1. The summed E-state index contributed by atoms with van der Waals surface area (Å²) in [5, 5.41) is 1.12. The van der Waals surface area contributed by atoms with E-state index in [-0.39, 0.29) is 5.78 Å². The fourth-order valence-electron chi connectivity index (χ4n) is 2.32. The van der Waals surface area contributed by atoms with Crippen molar-refractivity contribution in [1.29, 1.82) is 0 Å². The topological polar surface area (TPSA) is 43.4 Å². The van der Waals surface area contributed by atoms with E-state index < -0.39 is 5.97 Å². The number of ether oxygens (including phenoxy) is 1. The Bertz CT molecular complexity index is 991. The van der Waals surface area contributed by atoms with Crippen molar-refractivity contribution in [3.63, 3.8) is 0 Å². The second-order valence-electron chi connectivity index (χ2n) is 5.67. The molecule has 3 aromatic rings. The van der Waals surface area contributed by atoms with Crippen LogP contribution in [-0.4, -0.2) is 11.8 Å². The highest BCUT2D eigenvalue weighted by Crippen LogP contribution is 2.18. The summed E-state index contributed by atoms with van der Waals surface area (Å²) >= 11 is 11.6. The standard InChI is InChI=1S/C22H14Cl2O3/c23-18-9-5-16(6-10-18)21(25)13-4-15-2-1-3-20(14-15)27-22(26)17-7-11-19(24)12-8-17/h1-14H/b13-4+. The molecule has 0 heterocycles. The number of esters is 1. The molecular weight excluding hydrogens is 383 g/mol. The maximum absolute atomic E-state index is 12.2. The molecule has 0 spiro atoms. The smallest absolute Gasteiger partial charge is 0.343 e. The largest absolute Gasteiger partial charge is 0.423 e. The van der Waals surface area contributed by atoms with Crippen molar-refractivity contribution in [3.05, 3.63) is 106 Å². The predicted molar refractivity (Wildman–Crippen MR) is 108 cm³/mol. The first kappa shape index (κ1) is 18.9. The minimum absolute atomic E-state index is 0.143. The van der Waals surface area contributed by atoms with Crippen LogP contribution in [0.1, 0.15) is 26.3 Å². The highest BCUT2D eigenvalue weighted by atomic mass is 35.5. The van der Waals surface area contributed by atoms with E-state index in [1.54, 1.807) is 72.8 Å². The zero-order chi connectivity index (χ0) is 19.2. The quantitative estimate of drug-likeness (QED) is 0.226. The average molecular weight is 397 g/mol. The summed E-state index contributed by atoms with van der Waals surface area (Å²) in [4.78, 5) is 24.3. The lowest BCUT2D eigenvalue weighted by Gasteiger charge is -2.05. The molecule has 0 aliphatic heterocycles. The summed E-state index contributed by atoms with van der Waals surface area (Å²) in [7, 11) is 0. The van der Waals surface area contributed by atoms with E-state index in [4.69, 9.17) is 27.9 Å². The Kier molecular flexibility index (Phi) is 6.07. The molecule has 0 unspecified atom stereocenters. The highest BCUT2D eigenvalue weighted by Gasteiger charge is 2.08. The summed E-state index contributed by atoms with van der Waals surface area (Å²) < 4.78 is 5.37. The van der Waals surface area contributed by atoms with Gasteiger partial charge < -0.3 is 4.74 Å². The van der Waals surface area contributed by atoms with Crippen LogP contribution < -0.4 is 4.74 Å². The van der Waals surface area contributed by atoms with Crippen LogP contribution in [0.15, 0.2) is 78.9 Å². The molecule has 0 aromatic heterocycles. The fraction of sp³-hybridized carbons (Fsp3) is 0. The lowest BCUT2D eigenvalue weighted by molar-refractivity contribution is 0.0734. The molecule has 134 valence electrons. The van der Waals surface area contributed by atoms with Crippen LogP contribution in [-0.2, 0) is 0 Å². The lowest BCUT2D eigenvalue weighted by Crippen LogP contribution is -2.08. The Balaban J connectivity index is 1.69. The lowest BCUT2D eigenvalue weighted by atomic mass is 10.1. The summed E-state index contributed by atoms with van der Waals surface area (Å²) in [6.07, 6.45) is 3.12. The second kappa shape index (κ2) is 8.67. The predicted octanol–water partition coefficient (Wildman–Crippen LogP) is 6.11. The Morgan fingerprint density at radius 2 is 1.37 bits per heavy atom. The highest BCUT2D eigenvalue weighted by molar-refractivity contribution is 6.31. The number of hydrogen-bond donors (Lipinski definition) is 0. The van der Waals surface area contributed by atoms with E-state index in [0.29, 0.717) is 26.9 Å². The van der Waals surface area contributed by atoms with E-state index >= 15 is 0 Å². The molecule has 0 fully saturated rings. The molecule has 0 radical (unpaired) electrons. The van der Waals surface area contributed by atoms with Gasteiger partial charge in [-0.15, -0.1) is 0 Å². The summed E-state index contributed by atoms with van der Waals surface area (Å²) in [5.41, 5.74) is 1.68. The van der Waals surface area contributed by atoms with Crippen LogP contribution in [0.4, 0.5) is 0 Å². The van der Waals surface area contributed by atoms with E-state index in [1.807, 2.05) is 6.07 Å². The van der Waals surface area contributed by atoms with Crippen molar-refractivity contribution in [2.24, 2.45) is 0 Å². The minimum atomic E-state index is -0.481. The number of carbonyl (C=O) groups excluding carboxylic acids is 2. The van der Waals surface area contributed by atoms with Crippen LogP contribution in [0.2, 0.25) is 10.0 Å². The molecule has 3 aromatic carbocycles. The van der Waals surface area contributed by atoms with Gasteiger partial charge in [0.2, 0.25) is 0 Å². The average Bonchev–Trinajstić information content (AvgIpc) is 2.67. The third-order valence-corrected chi connectivity index (χ3v) is 4.21. The third-order valence-electron chi connectivity index (χ3n) is 3.70. The van der Waals surface area contributed by atoms with Gasteiger partial charge in [0, 0.05) is 15.6 Å². The summed E-state index contributed by atoms with van der Waals surface area (Å²) in [5.74, 6) is -0.240. The van der Waals surface area contributed by atoms with E-state index in [0.717, 1.165) is 5.56 Å². The van der Waals surface area contributed by atoms with Gasteiger partial charge in [0.15, 0.2) is 5.78 Å². The van der Waals surface area contributed by atoms with Gasteiger partial charge >= 0.3 is 5.97 Å². The fourth-order valence-corrected chi connectivity index (χ4v) is 2.57. The first-order valence-corrected chi connectivity index (χ1v) is 8.83. The molecule has 0 atom stereocenters. The summed E-state index contributed by atoms with van der Waals surface area (Å²) in [6, 6.07) is 20.0. The van der Waals surface area contributed by atoms with Crippen LogP contribution in [0.3, 0.4) is 0 Å². The van der Waals surface area contributed by atoms with Crippen molar-refractivity contribution >= 4 is 41.0 Å². The molecule has 3 rings (SSSR count). The van der Waals surface area contributed by atoms with Gasteiger partial charge in [-0.3, -0.25) is 4.79 Å². The Hall–Kier alpha value is -2.88. The van der Waals surface area contributed by atoms with Crippen LogP contribution in [0.5, 0.6) is 5.75 Å². The molecule has 5 heteroatoms.